The van der Waals surface area contributed by atoms with E-state index in [9.17, 15) is 0 Å². The van der Waals surface area contributed by atoms with Gasteiger partial charge >= 0.3 is 0 Å². The van der Waals surface area contributed by atoms with Gasteiger partial charge in [0.15, 0.2) is 0 Å². The van der Waals surface area contributed by atoms with Crippen LogP contribution in [0.25, 0.3) is 0 Å². The summed E-state index contributed by atoms with van der Waals surface area (Å²) in [4.78, 5) is 5.38. The van der Waals surface area contributed by atoms with Crippen LogP contribution in [0.5, 0.6) is 0 Å². The van der Waals surface area contributed by atoms with Crippen LogP contribution in [0.2, 0.25) is 0 Å². The lowest BCUT2D eigenvalue weighted by atomic mass is 10.2. The van der Waals surface area contributed by atoms with Gasteiger partial charge in [-0.2, -0.15) is 0 Å². The maximum atomic E-state index is 5.92. The lowest BCUT2D eigenvalue weighted by molar-refractivity contribution is 0.860. The van der Waals surface area contributed by atoms with Crippen LogP contribution in [-0.4, -0.2) is 18.6 Å². The molecule has 1 aromatic carbocycles. The van der Waals surface area contributed by atoms with Crippen molar-refractivity contribution in [1.82, 2.24) is 4.98 Å². The molecule has 0 radical (unpaired) electrons. The Bertz CT molecular complexity index is 434. The monoisotopic (exact) mass is 215 g/mol. The topological polar surface area (TPSA) is 45.0 Å². The second-order valence-electron chi connectivity index (χ2n) is 3.93. The van der Waals surface area contributed by atoms with E-state index in [1.54, 1.807) is 0 Å². The first kappa shape index (κ1) is 10.6. The molecule has 3 N–H and O–H groups in total. The third-order valence-electron chi connectivity index (χ3n) is 2.73. The van der Waals surface area contributed by atoms with E-state index in [1.807, 2.05) is 36.5 Å². The summed E-state index contributed by atoms with van der Waals surface area (Å²) in [6.45, 7) is 0.953. The minimum absolute atomic E-state index is 0.830. The summed E-state index contributed by atoms with van der Waals surface area (Å²) in [5.41, 5.74) is 9.09. The molecule has 0 bridgehead atoms. The lowest BCUT2D eigenvalue weighted by Crippen LogP contribution is -2.21. The molecule has 0 aliphatic heterocycles. The first-order valence-electron chi connectivity index (χ1n) is 5.45. The largest absolute Gasteiger partial charge is 0.397 e. The summed E-state index contributed by atoms with van der Waals surface area (Å²) < 4.78 is 0. The van der Waals surface area contributed by atoms with Crippen LogP contribution in [0, 0.1) is 0 Å². The Balaban J connectivity index is 1.98. The quantitative estimate of drug-likeness (QED) is 0.768. The Morgan fingerprint density at radius 1 is 1.19 bits per heavy atom. The van der Waals surface area contributed by atoms with Gasteiger partial charge in [-0.25, -0.2) is 0 Å². The van der Waals surface area contributed by atoms with Crippen molar-refractivity contribution in [3.63, 3.8) is 0 Å². The van der Waals surface area contributed by atoms with Gasteiger partial charge in [0.2, 0.25) is 0 Å². The highest BCUT2D eigenvalue weighted by Crippen LogP contribution is 2.20. The minimum Gasteiger partial charge on any atom is -0.397 e. The smallest absolute Gasteiger partial charge is 0.0597 e. The normalized spacial score (nSPS) is 10.3. The van der Waals surface area contributed by atoms with Gasteiger partial charge < -0.3 is 15.6 Å². The van der Waals surface area contributed by atoms with Gasteiger partial charge in [-0.1, -0.05) is 12.1 Å². The van der Waals surface area contributed by atoms with Gasteiger partial charge in [0.25, 0.3) is 0 Å². The number of benzene rings is 1. The number of hydrogen-bond donors (Lipinski definition) is 2. The Hall–Kier alpha value is -1.90. The van der Waals surface area contributed by atoms with Crippen LogP contribution in [0.4, 0.5) is 11.4 Å². The van der Waals surface area contributed by atoms with Gasteiger partial charge in [0.05, 0.1) is 11.4 Å². The molecular formula is C13H17N3. The SMILES string of the molecule is CN(CCc1ccc[nH]1)c1ccccc1N. The van der Waals surface area contributed by atoms with Gasteiger partial charge in [-0.3, -0.25) is 0 Å². The van der Waals surface area contributed by atoms with E-state index in [-0.39, 0.29) is 0 Å². The van der Waals surface area contributed by atoms with E-state index < -0.39 is 0 Å². The lowest BCUT2D eigenvalue weighted by Gasteiger charge is -2.20. The Morgan fingerprint density at radius 3 is 2.69 bits per heavy atom. The third-order valence-corrected chi connectivity index (χ3v) is 2.73. The zero-order valence-corrected chi connectivity index (χ0v) is 9.48. The van der Waals surface area contributed by atoms with Crippen molar-refractivity contribution >= 4 is 11.4 Å². The van der Waals surface area contributed by atoms with Crippen molar-refractivity contribution in [3.8, 4) is 0 Å². The summed E-state index contributed by atoms with van der Waals surface area (Å²) >= 11 is 0. The number of hydrogen-bond acceptors (Lipinski definition) is 2. The fourth-order valence-electron chi connectivity index (χ4n) is 1.77. The number of aromatic amines is 1. The van der Waals surface area contributed by atoms with E-state index in [0.717, 1.165) is 24.3 Å². The number of anilines is 2. The van der Waals surface area contributed by atoms with Crippen LogP contribution in [0.15, 0.2) is 42.6 Å². The molecule has 3 nitrogen and oxygen atoms in total. The van der Waals surface area contributed by atoms with E-state index in [0.29, 0.717) is 0 Å². The fourth-order valence-corrected chi connectivity index (χ4v) is 1.77. The average molecular weight is 215 g/mol. The molecular weight excluding hydrogens is 198 g/mol. The van der Waals surface area contributed by atoms with E-state index >= 15 is 0 Å². The van der Waals surface area contributed by atoms with E-state index in [4.69, 9.17) is 5.73 Å². The number of likely N-dealkylation sites (N-methyl/N-ethyl adjacent to an activating group) is 1. The van der Waals surface area contributed by atoms with Crippen molar-refractivity contribution in [2.45, 2.75) is 6.42 Å². The first-order valence-corrected chi connectivity index (χ1v) is 5.45. The number of nitrogens with two attached hydrogens (primary N) is 1. The maximum absolute atomic E-state index is 5.92. The maximum Gasteiger partial charge on any atom is 0.0597 e. The van der Waals surface area contributed by atoms with Crippen molar-refractivity contribution in [1.29, 1.82) is 0 Å². The minimum atomic E-state index is 0.830. The molecule has 2 rings (SSSR count). The number of para-hydroxylation sites is 2. The van der Waals surface area contributed by atoms with Gasteiger partial charge in [0, 0.05) is 31.9 Å². The highest BCUT2D eigenvalue weighted by Gasteiger charge is 2.04. The van der Waals surface area contributed by atoms with Crippen molar-refractivity contribution in [2.24, 2.45) is 0 Å². The number of nitrogen functional groups attached to an aromatic ring is 1. The summed E-state index contributed by atoms with van der Waals surface area (Å²) in [6, 6.07) is 12.1. The standard InChI is InChI=1S/C13H17N3/c1-16(10-8-11-5-4-9-15-11)13-7-3-2-6-12(13)14/h2-7,9,15H,8,10,14H2,1H3. The summed E-state index contributed by atoms with van der Waals surface area (Å²) in [6.07, 6.45) is 2.95. The van der Waals surface area contributed by atoms with Crippen molar-refractivity contribution in [3.05, 3.63) is 48.3 Å². The molecule has 0 amide bonds. The molecule has 0 saturated heterocycles. The van der Waals surface area contributed by atoms with Crippen LogP contribution < -0.4 is 10.6 Å². The predicted octanol–water partition coefficient (Wildman–Crippen LogP) is 2.28. The molecule has 0 atom stereocenters. The number of nitrogens with one attached hydrogen (secondary N) is 1. The Morgan fingerprint density at radius 2 is 2.00 bits per heavy atom. The molecule has 0 aliphatic rings. The highest BCUT2D eigenvalue weighted by atomic mass is 15.1. The molecule has 0 saturated carbocycles. The summed E-state index contributed by atoms with van der Waals surface area (Å²) in [7, 11) is 2.06. The fraction of sp³-hybridized carbons (Fsp3) is 0.231. The summed E-state index contributed by atoms with van der Waals surface area (Å²) in [5, 5.41) is 0. The van der Waals surface area contributed by atoms with Gasteiger partial charge in [-0.05, 0) is 24.3 Å². The molecule has 2 aromatic rings. The van der Waals surface area contributed by atoms with E-state index in [1.165, 1.54) is 5.69 Å². The third kappa shape index (κ3) is 2.37. The van der Waals surface area contributed by atoms with Gasteiger partial charge in [0.1, 0.15) is 0 Å². The number of rotatable bonds is 4. The van der Waals surface area contributed by atoms with Gasteiger partial charge in [-0.15, -0.1) is 0 Å². The number of aromatic nitrogens is 1. The molecule has 1 aromatic heterocycles. The second kappa shape index (κ2) is 4.75. The van der Waals surface area contributed by atoms with Crippen molar-refractivity contribution in [2.75, 3.05) is 24.2 Å². The van der Waals surface area contributed by atoms with Crippen LogP contribution in [-0.2, 0) is 6.42 Å². The first-order chi connectivity index (χ1) is 7.77. The molecule has 0 aliphatic carbocycles. The molecule has 1 heterocycles. The van der Waals surface area contributed by atoms with Crippen LogP contribution >= 0.6 is 0 Å². The molecule has 16 heavy (non-hydrogen) atoms. The van der Waals surface area contributed by atoms with Crippen molar-refractivity contribution < 1.29 is 0 Å². The average Bonchev–Trinajstić information content (AvgIpc) is 2.79. The van der Waals surface area contributed by atoms with Crippen LogP contribution in [0.1, 0.15) is 5.69 Å². The number of H-pyrrole nitrogens is 1. The zero-order valence-electron chi connectivity index (χ0n) is 9.48. The second-order valence-corrected chi connectivity index (χ2v) is 3.93. The highest BCUT2D eigenvalue weighted by molar-refractivity contribution is 5.66. The molecule has 0 fully saturated rings. The Labute approximate surface area is 95.9 Å². The molecule has 84 valence electrons. The molecule has 3 heteroatoms. The van der Waals surface area contributed by atoms with Crippen LogP contribution in [0.3, 0.4) is 0 Å². The molecule has 0 spiro atoms. The zero-order chi connectivity index (χ0) is 11.4. The number of nitrogens with zero attached hydrogens (tertiary/aromatic N) is 1. The summed E-state index contributed by atoms with van der Waals surface area (Å²) in [5.74, 6) is 0. The molecule has 0 unspecified atom stereocenters. The Kier molecular flexibility index (Phi) is 3.15. The predicted molar refractivity (Wildman–Crippen MR) is 68.6 cm³/mol. The van der Waals surface area contributed by atoms with E-state index in [2.05, 4.69) is 23.0 Å².